The van der Waals surface area contributed by atoms with Gasteiger partial charge in [-0.3, -0.25) is 9.36 Å². The van der Waals surface area contributed by atoms with Crippen LogP contribution >= 0.6 is 7.82 Å². The van der Waals surface area contributed by atoms with Crippen molar-refractivity contribution in [3.63, 3.8) is 0 Å². The largest absolute Gasteiger partial charge is 0.756 e. The lowest BCUT2D eigenvalue weighted by Gasteiger charge is -2.29. The second-order valence-electron chi connectivity index (χ2n) is 23.8. The molecule has 0 bridgehead atoms. The maximum absolute atomic E-state index is 13.0. The highest BCUT2D eigenvalue weighted by molar-refractivity contribution is 7.45. The zero-order valence-corrected chi connectivity index (χ0v) is 53.5. The molecule has 0 aromatic rings. The summed E-state index contributed by atoms with van der Waals surface area (Å²) >= 11 is 0. The molecule has 1 amide bonds. The topological polar surface area (TPSA) is 108 Å². The molecule has 0 aliphatic heterocycles. The van der Waals surface area contributed by atoms with E-state index in [1.54, 1.807) is 6.08 Å². The van der Waals surface area contributed by atoms with Crippen molar-refractivity contribution in [1.82, 2.24) is 5.32 Å². The Morgan fingerprint density at radius 3 is 1.18 bits per heavy atom. The Kier molecular flexibility index (Phi) is 58.5. The minimum Gasteiger partial charge on any atom is -0.756 e. The number of aliphatic hydroxyl groups excluding tert-OH is 1. The average molecular weight is 1130 g/mol. The molecule has 0 aromatic carbocycles. The summed E-state index contributed by atoms with van der Waals surface area (Å²) in [4.78, 5) is 25.6. The number of carbonyl (C=O) groups excluding carboxylic acids is 1. The quantitative estimate of drug-likeness (QED) is 0.0272. The zero-order chi connectivity index (χ0) is 57.7. The minimum atomic E-state index is -4.62. The van der Waals surface area contributed by atoms with Crippen molar-refractivity contribution in [3.8, 4) is 0 Å². The molecule has 0 aliphatic carbocycles. The zero-order valence-electron chi connectivity index (χ0n) is 52.6. The van der Waals surface area contributed by atoms with Crippen LogP contribution in [0.4, 0.5) is 0 Å². The summed E-state index contributed by atoms with van der Waals surface area (Å²) in [5.74, 6) is -0.214. The molecule has 0 heterocycles. The van der Waals surface area contributed by atoms with Gasteiger partial charge in [0.2, 0.25) is 5.91 Å². The van der Waals surface area contributed by atoms with Crippen LogP contribution in [0.3, 0.4) is 0 Å². The molecule has 0 fully saturated rings. The van der Waals surface area contributed by atoms with Crippen LogP contribution in [0.5, 0.6) is 0 Å². The Labute approximate surface area is 490 Å². The van der Waals surface area contributed by atoms with Crippen LogP contribution in [0, 0.1) is 0 Å². The normalized spacial score (nSPS) is 14.3. The third kappa shape index (κ3) is 63.1. The summed E-state index contributed by atoms with van der Waals surface area (Å²) in [6.07, 6.45) is 85.6. The van der Waals surface area contributed by atoms with E-state index >= 15 is 0 Å². The lowest BCUT2D eigenvalue weighted by molar-refractivity contribution is -0.870. The van der Waals surface area contributed by atoms with E-state index in [0.29, 0.717) is 17.4 Å². The molecule has 3 atom stereocenters. The van der Waals surface area contributed by atoms with E-state index in [0.717, 1.165) is 70.6 Å². The lowest BCUT2D eigenvalue weighted by Crippen LogP contribution is -2.45. The van der Waals surface area contributed by atoms with E-state index in [9.17, 15) is 19.4 Å². The van der Waals surface area contributed by atoms with Gasteiger partial charge in [0.15, 0.2) is 0 Å². The number of phosphoric ester groups is 1. The maximum Gasteiger partial charge on any atom is 0.268 e. The lowest BCUT2D eigenvalue weighted by atomic mass is 10.0. The summed E-state index contributed by atoms with van der Waals surface area (Å²) in [7, 11) is 1.23. The SMILES string of the molecule is CC/C=C\C/C=C\C/C=C\C/C=C\CCCCCCCCCCCCCCC(=O)NC(COP(=O)([O-])OCC[N+](C)(C)C)C(O)/C=C/CC/C=C/CC/C=C/CCCCCCCCCCCCCCCCCCCCCCCC. The van der Waals surface area contributed by atoms with E-state index in [2.05, 4.69) is 92.1 Å². The molecule has 9 heteroatoms. The van der Waals surface area contributed by atoms with Gasteiger partial charge in [-0.15, -0.1) is 0 Å². The van der Waals surface area contributed by atoms with Gasteiger partial charge in [-0.1, -0.05) is 298 Å². The molecule has 0 aliphatic rings. The third-order valence-corrected chi connectivity index (χ3v) is 15.8. The van der Waals surface area contributed by atoms with Gasteiger partial charge in [0, 0.05) is 6.42 Å². The van der Waals surface area contributed by atoms with E-state index in [-0.39, 0.29) is 12.5 Å². The van der Waals surface area contributed by atoms with E-state index in [4.69, 9.17) is 9.05 Å². The first kappa shape index (κ1) is 76.7. The molecular formula is C70H129N2O6P. The predicted molar refractivity (Wildman–Crippen MR) is 343 cm³/mol. The Hall–Kier alpha value is -2.32. The number of nitrogens with zero attached hydrogens (tertiary/aromatic N) is 1. The number of hydrogen-bond donors (Lipinski definition) is 2. The number of phosphoric acid groups is 1. The summed E-state index contributed by atoms with van der Waals surface area (Å²) in [6.45, 7) is 4.53. The number of allylic oxidation sites excluding steroid dienone is 13. The molecule has 0 radical (unpaired) electrons. The summed E-state index contributed by atoms with van der Waals surface area (Å²) in [5, 5.41) is 13.9. The van der Waals surface area contributed by atoms with Crippen molar-refractivity contribution in [3.05, 3.63) is 85.1 Å². The molecular weight excluding hydrogens is 996 g/mol. The average Bonchev–Trinajstić information content (AvgIpc) is 3.42. The highest BCUT2D eigenvalue weighted by Crippen LogP contribution is 2.38. The second-order valence-corrected chi connectivity index (χ2v) is 25.2. The van der Waals surface area contributed by atoms with E-state index < -0.39 is 26.6 Å². The monoisotopic (exact) mass is 1120 g/mol. The van der Waals surface area contributed by atoms with Crippen molar-refractivity contribution in [2.75, 3.05) is 40.9 Å². The Balaban J connectivity index is 4.17. The highest BCUT2D eigenvalue weighted by Gasteiger charge is 2.23. The molecule has 2 N–H and O–H groups in total. The molecule has 0 saturated carbocycles. The third-order valence-electron chi connectivity index (χ3n) is 14.8. The number of likely N-dealkylation sites (N-methyl/N-ethyl adjacent to an activating group) is 1. The predicted octanol–water partition coefficient (Wildman–Crippen LogP) is 20.5. The fourth-order valence-corrected chi connectivity index (χ4v) is 10.4. The first-order valence-corrected chi connectivity index (χ1v) is 34.9. The van der Waals surface area contributed by atoms with Crippen LogP contribution in [-0.2, 0) is 18.4 Å². The first-order valence-electron chi connectivity index (χ1n) is 33.4. The van der Waals surface area contributed by atoms with Crippen molar-refractivity contribution in [1.29, 1.82) is 0 Å². The summed E-state index contributed by atoms with van der Waals surface area (Å²) in [5.41, 5.74) is 0. The standard InChI is InChI=1S/C70H129N2O6P/c1-6-8-10-12-14-16-18-20-22-24-26-28-30-32-33-34-35-36-37-38-40-41-43-45-47-49-51-53-55-57-59-61-63-69(73)68(67-78-79(75,76)77-66-65-72(3,4)5)71-70(74)64-62-60-58-56-54-52-50-48-46-44-42-39-31-29-27-25-23-21-19-17-15-13-11-9-7-2/h9,11,15,17,21,23,27,29,45,47,53,55,61,63,68-69,73H,6-8,10,12-14,16,18-20,22,24-26,28,30-44,46,48-52,54,56-60,62,64-67H2,1-5H3,(H-,71,74,75,76)/b11-9-,17-15-,23-21-,29-27-,47-45+,55-53+,63-61+. The molecule has 79 heavy (non-hydrogen) atoms. The van der Waals surface area contributed by atoms with Gasteiger partial charge in [-0.05, 0) is 83.5 Å². The fraction of sp³-hybridized carbons (Fsp3) is 0.786. The molecule has 460 valence electrons. The van der Waals surface area contributed by atoms with Gasteiger partial charge in [-0.25, -0.2) is 0 Å². The maximum atomic E-state index is 13.0. The molecule has 0 spiro atoms. The van der Waals surface area contributed by atoms with Crippen LogP contribution in [0.25, 0.3) is 0 Å². The molecule has 3 unspecified atom stereocenters. The molecule has 0 aromatic heterocycles. The van der Waals surface area contributed by atoms with Crippen molar-refractivity contribution < 1.29 is 32.9 Å². The van der Waals surface area contributed by atoms with Crippen LogP contribution < -0.4 is 10.2 Å². The number of amides is 1. The number of nitrogens with one attached hydrogen (secondary N) is 1. The molecule has 0 rings (SSSR count). The number of unbranched alkanes of at least 4 members (excludes halogenated alkanes) is 36. The summed E-state index contributed by atoms with van der Waals surface area (Å²) < 4.78 is 23.4. The van der Waals surface area contributed by atoms with Crippen LogP contribution in [0.15, 0.2) is 85.1 Å². The van der Waals surface area contributed by atoms with Crippen molar-refractivity contribution in [2.24, 2.45) is 0 Å². The fourth-order valence-electron chi connectivity index (χ4n) is 9.65. The second kappa shape index (κ2) is 60.3. The van der Waals surface area contributed by atoms with Crippen LogP contribution in [0.1, 0.15) is 303 Å². The number of aliphatic hydroxyl groups is 1. The Bertz CT molecular complexity index is 1560. The van der Waals surface area contributed by atoms with Gasteiger partial charge in [0.25, 0.3) is 7.82 Å². The van der Waals surface area contributed by atoms with Crippen molar-refractivity contribution in [2.45, 2.75) is 315 Å². The highest BCUT2D eigenvalue weighted by atomic mass is 31.2. The van der Waals surface area contributed by atoms with Gasteiger partial charge < -0.3 is 28.8 Å². The molecule has 0 saturated heterocycles. The van der Waals surface area contributed by atoms with Gasteiger partial charge in [-0.2, -0.15) is 0 Å². The first-order chi connectivity index (χ1) is 38.5. The number of quaternary nitrogens is 1. The van der Waals surface area contributed by atoms with Crippen molar-refractivity contribution >= 4 is 13.7 Å². The number of carbonyl (C=O) groups is 1. The number of hydrogen-bond acceptors (Lipinski definition) is 6. The Morgan fingerprint density at radius 1 is 0.456 bits per heavy atom. The van der Waals surface area contributed by atoms with Gasteiger partial charge in [0.05, 0.1) is 39.9 Å². The van der Waals surface area contributed by atoms with Gasteiger partial charge in [0.1, 0.15) is 13.2 Å². The summed E-state index contributed by atoms with van der Waals surface area (Å²) in [6, 6.07) is -0.917. The smallest absolute Gasteiger partial charge is 0.268 e. The number of rotatable bonds is 61. The molecule has 8 nitrogen and oxygen atoms in total. The van der Waals surface area contributed by atoms with E-state index in [1.165, 1.54) is 212 Å². The minimum absolute atomic E-state index is 0.0124. The van der Waals surface area contributed by atoms with Gasteiger partial charge >= 0.3 is 0 Å². The van der Waals surface area contributed by atoms with Crippen LogP contribution in [0.2, 0.25) is 0 Å². The Morgan fingerprint density at radius 2 is 0.785 bits per heavy atom. The van der Waals surface area contributed by atoms with E-state index in [1.807, 2.05) is 27.2 Å². The van der Waals surface area contributed by atoms with Crippen LogP contribution in [-0.4, -0.2) is 68.5 Å².